The van der Waals surface area contributed by atoms with E-state index in [4.69, 9.17) is 15.2 Å². The van der Waals surface area contributed by atoms with Crippen molar-refractivity contribution in [2.24, 2.45) is 5.73 Å². The van der Waals surface area contributed by atoms with Gasteiger partial charge >= 0.3 is 0 Å². The minimum Gasteiger partial charge on any atom is -0.491 e. The molecule has 1 aromatic heterocycles. The van der Waals surface area contributed by atoms with Crippen LogP contribution in [0.15, 0.2) is 12.3 Å². The van der Waals surface area contributed by atoms with Crippen molar-refractivity contribution >= 4 is 0 Å². The summed E-state index contributed by atoms with van der Waals surface area (Å²) in [7, 11) is 1.59. The van der Waals surface area contributed by atoms with Gasteiger partial charge in [-0.2, -0.15) is 0 Å². The Balaban J connectivity index is 2.71. The monoisotopic (exact) mass is 182 g/mol. The standard InChI is InChI=1S/C9H14N2O2/c1-7-5-8(13-4-3-10)6-11-9(7)12-2/h5-6H,3-4,10H2,1-2H3. The second-order valence-electron chi connectivity index (χ2n) is 2.63. The second kappa shape index (κ2) is 4.67. The Hall–Kier alpha value is -1.29. The molecule has 4 nitrogen and oxygen atoms in total. The van der Waals surface area contributed by atoms with E-state index in [0.717, 1.165) is 11.3 Å². The molecule has 0 saturated carbocycles. The van der Waals surface area contributed by atoms with Crippen LogP contribution in [0.4, 0.5) is 0 Å². The maximum absolute atomic E-state index is 5.30. The van der Waals surface area contributed by atoms with Crippen LogP contribution in [0.25, 0.3) is 0 Å². The molecule has 1 heterocycles. The Labute approximate surface area is 77.7 Å². The van der Waals surface area contributed by atoms with Crippen molar-refractivity contribution in [1.82, 2.24) is 4.98 Å². The Kier molecular flexibility index (Phi) is 3.52. The molecule has 0 aliphatic heterocycles. The summed E-state index contributed by atoms with van der Waals surface area (Å²) in [4.78, 5) is 4.06. The van der Waals surface area contributed by atoms with E-state index in [0.29, 0.717) is 19.0 Å². The Bertz CT molecular complexity index is 276. The van der Waals surface area contributed by atoms with Gasteiger partial charge < -0.3 is 15.2 Å². The molecule has 1 rings (SSSR count). The topological polar surface area (TPSA) is 57.4 Å². The van der Waals surface area contributed by atoms with Gasteiger partial charge in [-0.15, -0.1) is 0 Å². The van der Waals surface area contributed by atoms with Crippen molar-refractivity contribution in [3.8, 4) is 11.6 Å². The maximum Gasteiger partial charge on any atom is 0.216 e. The lowest BCUT2D eigenvalue weighted by molar-refractivity contribution is 0.324. The summed E-state index contributed by atoms with van der Waals surface area (Å²) >= 11 is 0. The number of ether oxygens (including phenoxy) is 2. The van der Waals surface area contributed by atoms with Gasteiger partial charge in [0.2, 0.25) is 5.88 Å². The van der Waals surface area contributed by atoms with Crippen LogP contribution < -0.4 is 15.2 Å². The van der Waals surface area contributed by atoms with Gasteiger partial charge in [-0.05, 0) is 13.0 Å². The van der Waals surface area contributed by atoms with Gasteiger partial charge in [-0.25, -0.2) is 4.98 Å². The molecular formula is C9H14N2O2. The van der Waals surface area contributed by atoms with Crippen LogP contribution in [0.3, 0.4) is 0 Å². The zero-order chi connectivity index (χ0) is 9.68. The largest absolute Gasteiger partial charge is 0.491 e. The fourth-order valence-corrected chi connectivity index (χ4v) is 1.01. The zero-order valence-electron chi connectivity index (χ0n) is 7.91. The van der Waals surface area contributed by atoms with Gasteiger partial charge in [0, 0.05) is 12.1 Å². The highest BCUT2D eigenvalue weighted by atomic mass is 16.5. The lowest BCUT2D eigenvalue weighted by atomic mass is 10.3. The van der Waals surface area contributed by atoms with Crippen LogP contribution in [-0.4, -0.2) is 25.2 Å². The van der Waals surface area contributed by atoms with Crippen LogP contribution >= 0.6 is 0 Å². The molecule has 0 spiro atoms. The number of methoxy groups -OCH3 is 1. The van der Waals surface area contributed by atoms with Gasteiger partial charge in [-0.1, -0.05) is 0 Å². The van der Waals surface area contributed by atoms with E-state index in [-0.39, 0.29) is 0 Å². The number of hydrogen-bond acceptors (Lipinski definition) is 4. The fraction of sp³-hybridized carbons (Fsp3) is 0.444. The van der Waals surface area contributed by atoms with E-state index in [1.54, 1.807) is 13.3 Å². The SMILES string of the molecule is COc1ncc(OCCN)cc1C. The Morgan fingerprint density at radius 3 is 2.85 bits per heavy atom. The van der Waals surface area contributed by atoms with Gasteiger partial charge in [0.25, 0.3) is 0 Å². The van der Waals surface area contributed by atoms with Crippen molar-refractivity contribution in [3.63, 3.8) is 0 Å². The summed E-state index contributed by atoms with van der Waals surface area (Å²) in [5.41, 5.74) is 6.26. The molecule has 4 heteroatoms. The molecule has 0 aromatic carbocycles. The third-order valence-electron chi connectivity index (χ3n) is 1.59. The quantitative estimate of drug-likeness (QED) is 0.746. The van der Waals surface area contributed by atoms with Gasteiger partial charge in [0.15, 0.2) is 0 Å². The third kappa shape index (κ3) is 2.59. The fourth-order valence-electron chi connectivity index (χ4n) is 1.01. The summed E-state index contributed by atoms with van der Waals surface area (Å²) in [6, 6.07) is 1.88. The van der Waals surface area contributed by atoms with E-state index >= 15 is 0 Å². The van der Waals surface area contributed by atoms with Crippen molar-refractivity contribution < 1.29 is 9.47 Å². The first kappa shape index (κ1) is 9.80. The smallest absolute Gasteiger partial charge is 0.216 e. The number of pyridine rings is 1. The Morgan fingerprint density at radius 1 is 1.54 bits per heavy atom. The zero-order valence-corrected chi connectivity index (χ0v) is 7.91. The van der Waals surface area contributed by atoms with E-state index < -0.39 is 0 Å². The van der Waals surface area contributed by atoms with Crippen molar-refractivity contribution in [1.29, 1.82) is 0 Å². The molecule has 0 fully saturated rings. The number of nitrogens with two attached hydrogens (primary N) is 1. The summed E-state index contributed by atoms with van der Waals surface area (Å²) in [5.74, 6) is 1.35. The summed E-state index contributed by atoms with van der Waals surface area (Å²) < 4.78 is 10.3. The van der Waals surface area contributed by atoms with E-state index in [1.807, 2.05) is 13.0 Å². The van der Waals surface area contributed by atoms with Gasteiger partial charge in [0.1, 0.15) is 12.4 Å². The van der Waals surface area contributed by atoms with Crippen LogP contribution in [0.2, 0.25) is 0 Å². The lowest BCUT2D eigenvalue weighted by Crippen LogP contribution is -2.10. The maximum atomic E-state index is 5.30. The average Bonchev–Trinajstić information content (AvgIpc) is 2.15. The molecule has 72 valence electrons. The Morgan fingerprint density at radius 2 is 2.31 bits per heavy atom. The van der Waals surface area contributed by atoms with E-state index in [9.17, 15) is 0 Å². The molecule has 0 radical (unpaired) electrons. The average molecular weight is 182 g/mol. The molecule has 0 unspecified atom stereocenters. The first-order valence-corrected chi connectivity index (χ1v) is 4.11. The van der Waals surface area contributed by atoms with E-state index in [1.165, 1.54) is 0 Å². The second-order valence-corrected chi connectivity index (χ2v) is 2.63. The first-order chi connectivity index (χ1) is 6.27. The predicted octanol–water partition coefficient (Wildman–Crippen LogP) is 0.736. The third-order valence-corrected chi connectivity index (χ3v) is 1.59. The lowest BCUT2D eigenvalue weighted by Gasteiger charge is -2.07. The van der Waals surface area contributed by atoms with Crippen LogP contribution in [-0.2, 0) is 0 Å². The highest BCUT2D eigenvalue weighted by Gasteiger charge is 2.01. The van der Waals surface area contributed by atoms with Gasteiger partial charge in [0.05, 0.1) is 13.3 Å². The number of hydrogen-bond donors (Lipinski definition) is 1. The molecule has 0 atom stereocenters. The van der Waals surface area contributed by atoms with Crippen molar-refractivity contribution in [2.45, 2.75) is 6.92 Å². The highest BCUT2D eigenvalue weighted by molar-refractivity contribution is 5.31. The molecule has 0 saturated heterocycles. The highest BCUT2D eigenvalue weighted by Crippen LogP contribution is 2.19. The number of rotatable bonds is 4. The molecule has 1 aromatic rings. The van der Waals surface area contributed by atoms with Crippen molar-refractivity contribution in [3.05, 3.63) is 17.8 Å². The molecule has 0 bridgehead atoms. The van der Waals surface area contributed by atoms with Crippen LogP contribution in [0.5, 0.6) is 11.6 Å². The minimum absolute atomic E-state index is 0.505. The van der Waals surface area contributed by atoms with Crippen LogP contribution in [0.1, 0.15) is 5.56 Å². The van der Waals surface area contributed by atoms with E-state index in [2.05, 4.69) is 4.98 Å². The molecule has 0 aliphatic rings. The first-order valence-electron chi connectivity index (χ1n) is 4.11. The molecule has 0 amide bonds. The minimum atomic E-state index is 0.505. The number of nitrogens with zero attached hydrogens (tertiary/aromatic N) is 1. The summed E-state index contributed by atoms with van der Waals surface area (Å²) in [6.07, 6.45) is 1.63. The van der Waals surface area contributed by atoms with Crippen molar-refractivity contribution in [2.75, 3.05) is 20.3 Å². The summed E-state index contributed by atoms with van der Waals surface area (Å²) in [5, 5.41) is 0. The number of aromatic nitrogens is 1. The number of aryl methyl sites for hydroxylation is 1. The molecule has 2 N–H and O–H groups in total. The molecular weight excluding hydrogens is 168 g/mol. The summed E-state index contributed by atoms with van der Waals surface area (Å²) in [6.45, 7) is 2.93. The predicted molar refractivity (Wildman–Crippen MR) is 50.1 cm³/mol. The van der Waals surface area contributed by atoms with Crippen LogP contribution in [0, 0.1) is 6.92 Å². The van der Waals surface area contributed by atoms with Gasteiger partial charge in [-0.3, -0.25) is 0 Å². The normalized spacial score (nSPS) is 9.77. The molecule has 0 aliphatic carbocycles. The molecule has 13 heavy (non-hydrogen) atoms.